The highest BCUT2D eigenvalue weighted by Gasteiger charge is 2.22. The fourth-order valence-corrected chi connectivity index (χ4v) is 2.96. The molecule has 0 saturated heterocycles. The summed E-state index contributed by atoms with van der Waals surface area (Å²) in [6, 6.07) is 10.8. The predicted octanol–water partition coefficient (Wildman–Crippen LogP) is 3.38. The number of hydrogen-bond acceptors (Lipinski definition) is 1. The van der Waals surface area contributed by atoms with Crippen molar-refractivity contribution >= 4 is 0 Å². The summed E-state index contributed by atoms with van der Waals surface area (Å²) >= 11 is 0. The summed E-state index contributed by atoms with van der Waals surface area (Å²) in [6.45, 7) is 0.847. The van der Waals surface area contributed by atoms with Crippen LogP contribution < -0.4 is 5.73 Å². The topological polar surface area (TPSA) is 26.0 Å². The van der Waals surface area contributed by atoms with Crippen LogP contribution in [0.2, 0.25) is 0 Å². The Morgan fingerprint density at radius 3 is 2.38 bits per heavy atom. The Morgan fingerprint density at radius 1 is 1.06 bits per heavy atom. The molecule has 1 heteroatoms. The second-order valence-corrected chi connectivity index (χ2v) is 5.08. The molecule has 2 N–H and O–H groups in total. The standard InChI is InChI=1S/C15H23N/c16-12-15(14-9-5-2-6-10-14)11-13-7-3-1-4-8-13/h1,3-4,7-8,14-15H,2,5-6,9-12,16H2. The summed E-state index contributed by atoms with van der Waals surface area (Å²) in [7, 11) is 0. The number of benzene rings is 1. The van der Waals surface area contributed by atoms with Crippen LogP contribution in [-0.2, 0) is 6.42 Å². The highest BCUT2D eigenvalue weighted by Crippen LogP contribution is 2.31. The molecule has 0 heterocycles. The fraction of sp³-hybridized carbons (Fsp3) is 0.600. The third-order valence-electron chi connectivity index (χ3n) is 3.96. The minimum absolute atomic E-state index is 0.697. The zero-order valence-electron chi connectivity index (χ0n) is 10.1. The maximum Gasteiger partial charge on any atom is -0.00430 e. The first kappa shape index (κ1) is 11.7. The van der Waals surface area contributed by atoms with E-state index in [2.05, 4.69) is 30.3 Å². The first-order valence-electron chi connectivity index (χ1n) is 6.64. The third-order valence-corrected chi connectivity index (χ3v) is 3.96. The van der Waals surface area contributed by atoms with Crippen molar-refractivity contribution in [2.24, 2.45) is 17.6 Å². The smallest absolute Gasteiger partial charge is 0.00430 e. The second-order valence-electron chi connectivity index (χ2n) is 5.08. The Labute approximate surface area is 99.0 Å². The first-order chi connectivity index (χ1) is 7.90. The van der Waals surface area contributed by atoms with Crippen molar-refractivity contribution in [2.45, 2.75) is 38.5 Å². The molecule has 1 aromatic rings. The monoisotopic (exact) mass is 217 g/mol. The molecule has 0 amide bonds. The highest BCUT2D eigenvalue weighted by molar-refractivity contribution is 5.15. The Balaban J connectivity index is 1.94. The van der Waals surface area contributed by atoms with Crippen molar-refractivity contribution in [3.8, 4) is 0 Å². The van der Waals surface area contributed by atoms with E-state index in [1.54, 1.807) is 0 Å². The lowest BCUT2D eigenvalue weighted by Gasteiger charge is -2.29. The molecular formula is C15H23N. The highest BCUT2D eigenvalue weighted by atomic mass is 14.6. The number of nitrogens with two attached hydrogens (primary N) is 1. The van der Waals surface area contributed by atoms with Crippen LogP contribution in [-0.4, -0.2) is 6.54 Å². The molecule has 1 aromatic carbocycles. The van der Waals surface area contributed by atoms with E-state index in [-0.39, 0.29) is 0 Å². The molecule has 0 aliphatic heterocycles. The predicted molar refractivity (Wildman–Crippen MR) is 69.3 cm³/mol. The van der Waals surface area contributed by atoms with Gasteiger partial charge in [0.05, 0.1) is 0 Å². The van der Waals surface area contributed by atoms with E-state index in [0.717, 1.165) is 12.5 Å². The van der Waals surface area contributed by atoms with Crippen LogP contribution in [0.15, 0.2) is 30.3 Å². The van der Waals surface area contributed by atoms with Gasteiger partial charge in [0.1, 0.15) is 0 Å². The third kappa shape index (κ3) is 3.08. The summed E-state index contributed by atoms with van der Waals surface area (Å²) in [5.74, 6) is 1.57. The van der Waals surface area contributed by atoms with Gasteiger partial charge in [-0.15, -0.1) is 0 Å². The summed E-state index contributed by atoms with van der Waals surface area (Å²) in [6.07, 6.45) is 8.22. The summed E-state index contributed by atoms with van der Waals surface area (Å²) < 4.78 is 0. The van der Waals surface area contributed by atoms with E-state index < -0.39 is 0 Å². The number of rotatable bonds is 4. The molecule has 1 saturated carbocycles. The molecule has 1 aliphatic carbocycles. The molecule has 2 rings (SSSR count). The molecule has 1 nitrogen and oxygen atoms in total. The van der Waals surface area contributed by atoms with Gasteiger partial charge in [0.2, 0.25) is 0 Å². The van der Waals surface area contributed by atoms with Gasteiger partial charge >= 0.3 is 0 Å². The van der Waals surface area contributed by atoms with Gasteiger partial charge < -0.3 is 5.73 Å². The number of hydrogen-bond donors (Lipinski definition) is 1. The van der Waals surface area contributed by atoms with E-state index >= 15 is 0 Å². The zero-order chi connectivity index (χ0) is 11.2. The van der Waals surface area contributed by atoms with Crippen molar-refractivity contribution in [1.29, 1.82) is 0 Å². The van der Waals surface area contributed by atoms with Gasteiger partial charge in [-0.3, -0.25) is 0 Å². The summed E-state index contributed by atoms with van der Waals surface area (Å²) in [5.41, 5.74) is 7.40. The van der Waals surface area contributed by atoms with E-state index in [1.807, 2.05) is 0 Å². The molecule has 1 fully saturated rings. The maximum absolute atomic E-state index is 5.95. The lowest BCUT2D eigenvalue weighted by Crippen LogP contribution is -2.27. The van der Waals surface area contributed by atoms with Crippen LogP contribution in [0.4, 0.5) is 0 Å². The molecule has 1 atom stereocenters. The molecule has 0 aromatic heterocycles. The largest absolute Gasteiger partial charge is 0.330 e. The molecule has 88 valence electrons. The van der Waals surface area contributed by atoms with Crippen LogP contribution >= 0.6 is 0 Å². The lowest BCUT2D eigenvalue weighted by atomic mass is 9.77. The van der Waals surface area contributed by atoms with Crippen LogP contribution in [0, 0.1) is 11.8 Å². The van der Waals surface area contributed by atoms with Crippen LogP contribution in [0.5, 0.6) is 0 Å². The molecular weight excluding hydrogens is 194 g/mol. The van der Waals surface area contributed by atoms with E-state index in [1.165, 1.54) is 44.1 Å². The Hall–Kier alpha value is -0.820. The van der Waals surface area contributed by atoms with Crippen LogP contribution in [0.3, 0.4) is 0 Å². The second kappa shape index (κ2) is 6.05. The average molecular weight is 217 g/mol. The minimum atomic E-state index is 0.697. The Bertz CT molecular complexity index is 288. The van der Waals surface area contributed by atoms with Gasteiger partial charge in [0, 0.05) is 0 Å². The normalized spacial score (nSPS) is 19.6. The summed E-state index contributed by atoms with van der Waals surface area (Å²) in [4.78, 5) is 0. The van der Waals surface area contributed by atoms with Gasteiger partial charge in [0.25, 0.3) is 0 Å². The van der Waals surface area contributed by atoms with Crippen LogP contribution in [0.25, 0.3) is 0 Å². The van der Waals surface area contributed by atoms with E-state index in [9.17, 15) is 0 Å². The fourth-order valence-electron chi connectivity index (χ4n) is 2.96. The maximum atomic E-state index is 5.95. The van der Waals surface area contributed by atoms with Crippen molar-refractivity contribution in [1.82, 2.24) is 0 Å². The van der Waals surface area contributed by atoms with Crippen molar-refractivity contribution in [3.63, 3.8) is 0 Å². The Morgan fingerprint density at radius 2 is 1.75 bits per heavy atom. The van der Waals surface area contributed by atoms with Gasteiger partial charge in [0.15, 0.2) is 0 Å². The van der Waals surface area contributed by atoms with E-state index in [4.69, 9.17) is 5.73 Å². The zero-order valence-corrected chi connectivity index (χ0v) is 10.1. The summed E-state index contributed by atoms with van der Waals surface area (Å²) in [5, 5.41) is 0. The molecule has 0 radical (unpaired) electrons. The van der Waals surface area contributed by atoms with Crippen molar-refractivity contribution in [2.75, 3.05) is 6.54 Å². The van der Waals surface area contributed by atoms with Gasteiger partial charge in [-0.05, 0) is 30.4 Å². The van der Waals surface area contributed by atoms with Crippen LogP contribution in [0.1, 0.15) is 37.7 Å². The molecule has 16 heavy (non-hydrogen) atoms. The molecule has 1 unspecified atom stereocenters. The Kier molecular flexibility index (Phi) is 4.41. The van der Waals surface area contributed by atoms with Crippen molar-refractivity contribution < 1.29 is 0 Å². The molecule has 0 bridgehead atoms. The minimum Gasteiger partial charge on any atom is -0.330 e. The van der Waals surface area contributed by atoms with Gasteiger partial charge in [-0.25, -0.2) is 0 Å². The van der Waals surface area contributed by atoms with Gasteiger partial charge in [-0.2, -0.15) is 0 Å². The van der Waals surface area contributed by atoms with Crippen molar-refractivity contribution in [3.05, 3.63) is 35.9 Å². The lowest BCUT2D eigenvalue weighted by molar-refractivity contribution is 0.251. The molecule has 1 aliphatic rings. The molecule has 0 spiro atoms. The first-order valence-corrected chi connectivity index (χ1v) is 6.64. The van der Waals surface area contributed by atoms with E-state index in [0.29, 0.717) is 5.92 Å². The SMILES string of the molecule is NCC(Cc1ccccc1)C1CCCCC1. The van der Waals surface area contributed by atoms with Gasteiger partial charge in [-0.1, -0.05) is 62.4 Å². The quantitative estimate of drug-likeness (QED) is 0.822. The average Bonchev–Trinajstić information content (AvgIpc) is 2.38.